The van der Waals surface area contributed by atoms with E-state index in [4.69, 9.17) is 9.97 Å². The van der Waals surface area contributed by atoms with Crippen molar-refractivity contribution in [3.05, 3.63) is 83.9 Å². The van der Waals surface area contributed by atoms with Crippen LogP contribution in [0, 0.1) is 13.8 Å². The number of anilines is 4. The van der Waals surface area contributed by atoms with E-state index in [2.05, 4.69) is 129 Å². The molecule has 0 aliphatic carbocycles. The van der Waals surface area contributed by atoms with Gasteiger partial charge in [0.1, 0.15) is 11.9 Å². The molecule has 0 radical (unpaired) electrons. The summed E-state index contributed by atoms with van der Waals surface area (Å²) in [7, 11) is 4.31. The fourth-order valence-electron chi connectivity index (χ4n) is 6.33. The zero-order valence-electron chi connectivity index (χ0n) is 23.2. The molecule has 198 valence electrons. The molecule has 2 aliphatic rings. The van der Waals surface area contributed by atoms with Gasteiger partial charge in [-0.1, -0.05) is 36.4 Å². The molecule has 7 heteroatoms. The number of benzene rings is 3. The standard InChI is InChI=1S/C32H32N6.HI/c1-19-15-27(37-21(3)35(5)31-29(37)17-23-11-7-9-13-25(23)33-31)20(2)28(16-19)38-22(4)36(6)32-30(38)18-24-12-8-10-14-26(24)34-32;/h7-18,21-22H,1-6H3;1H/t21-,22+;. The molecule has 0 saturated heterocycles. The number of fused-ring (bicyclic) bond motifs is 4. The molecule has 3 aromatic carbocycles. The lowest BCUT2D eigenvalue weighted by atomic mass is 10.0. The van der Waals surface area contributed by atoms with Crippen molar-refractivity contribution in [1.82, 2.24) is 9.97 Å². The number of rotatable bonds is 2. The monoisotopic (exact) mass is 628 g/mol. The number of hydrogen-bond acceptors (Lipinski definition) is 5. The van der Waals surface area contributed by atoms with Gasteiger partial charge in [-0.25, -0.2) is 14.9 Å². The van der Waals surface area contributed by atoms with Gasteiger partial charge in [-0.15, -0.1) is 0 Å². The van der Waals surface area contributed by atoms with Crippen LogP contribution in [0.5, 0.6) is 0 Å². The summed E-state index contributed by atoms with van der Waals surface area (Å²) in [6, 6.07) is 26.1. The van der Waals surface area contributed by atoms with Crippen LogP contribution in [-0.4, -0.2) is 36.4 Å². The number of quaternary nitrogens is 1. The van der Waals surface area contributed by atoms with Gasteiger partial charge in [-0.3, -0.25) is 0 Å². The zero-order valence-corrected chi connectivity index (χ0v) is 25.4. The number of para-hydroxylation sites is 2. The zero-order chi connectivity index (χ0) is 26.3. The van der Waals surface area contributed by atoms with Crippen LogP contribution in [0.2, 0.25) is 0 Å². The summed E-state index contributed by atoms with van der Waals surface area (Å²) in [4.78, 5) is 18.5. The number of aromatic nitrogens is 2. The summed E-state index contributed by atoms with van der Waals surface area (Å²) < 4.78 is 0. The molecule has 4 heterocycles. The Balaban J connectivity index is 0.00000277. The topological polar surface area (TPSA) is 39.9 Å². The quantitative estimate of drug-likeness (QED) is 0.305. The molecule has 2 aromatic heterocycles. The normalized spacial score (nSPS) is 19.9. The SMILES string of the molecule is Cc1cc(N2c3cc4ccccc4nc3N(C)[C@H]2C)c(C)c([NH+]2c3cc4ccccc4nc3N(C)[C@@H]2C)c1.[I-]. The van der Waals surface area contributed by atoms with E-state index in [1.165, 1.54) is 38.5 Å². The molecule has 0 bridgehead atoms. The Labute approximate surface area is 246 Å². The number of hydrogen-bond donors (Lipinski definition) is 1. The average molecular weight is 629 g/mol. The summed E-state index contributed by atoms with van der Waals surface area (Å²) in [5.41, 5.74) is 9.54. The lowest BCUT2D eigenvalue weighted by molar-refractivity contribution is -0.780. The molecule has 2 aliphatic heterocycles. The number of aryl methyl sites for hydroxylation is 1. The van der Waals surface area contributed by atoms with Crippen molar-refractivity contribution in [2.24, 2.45) is 0 Å². The first-order valence-electron chi connectivity index (χ1n) is 13.4. The summed E-state index contributed by atoms with van der Waals surface area (Å²) in [6.07, 6.45) is 0.369. The highest BCUT2D eigenvalue weighted by Gasteiger charge is 2.41. The molecule has 0 amide bonds. The minimum atomic E-state index is 0. The van der Waals surface area contributed by atoms with Crippen molar-refractivity contribution >= 4 is 56.2 Å². The molecule has 0 spiro atoms. The van der Waals surface area contributed by atoms with Crippen LogP contribution in [0.15, 0.2) is 72.8 Å². The van der Waals surface area contributed by atoms with Crippen molar-refractivity contribution in [3.63, 3.8) is 0 Å². The van der Waals surface area contributed by atoms with Crippen molar-refractivity contribution in [2.45, 2.75) is 40.0 Å². The first kappa shape index (κ1) is 25.8. The highest BCUT2D eigenvalue weighted by molar-refractivity contribution is 5.93. The van der Waals surface area contributed by atoms with E-state index in [0.717, 1.165) is 33.7 Å². The summed E-state index contributed by atoms with van der Waals surface area (Å²) >= 11 is 0. The van der Waals surface area contributed by atoms with Crippen LogP contribution in [0.1, 0.15) is 25.0 Å². The lowest BCUT2D eigenvalue weighted by Gasteiger charge is -2.31. The van der Waals surface area contributed by atoms with Crippen LogP contribution in [0.3, 0.4) is 0 Å². The number of pyridine rings is 2. The molecule has 1 N–H and O–H groups in total. The Morgan fingerprint density at radius 1 is 0.692 bits per heavy atom. The highest BCUT2D eigenvalue weighted by atomic mass is 127. The van der Waals surface area contributed by atoms with Crippen LogP contribution in [0.4, 0.5) is 34.4 Å². The van der Waals surface area contributed by atoms with Crippen molar-refractivity contribution in [1.29, 1.82) is 0 Å². The smallest absolute Gasteiger partial charge is 0.196 e. The number of nitrogens with zero attached hydrogens (tertiary/aromatic N) is 5. The van der Waals surface area contributed by atoms with Gasteiger partial charge in [0, 0.05) is 49.5 Å². The van der Waals surface area contributed by atoms with Crippen molar-refractivity contribution < 1.29 is 28.9 Å². The van der Waals surface area contributed by atoms with Gasteiger partial charge in [-0.05, 0) is 50.6 Å². The van der Waals surface area contributed by atoms with E-state index in [1.54, 1.807) is 0 Å². The van der Waals surface area contributed by atoms with Gasteiger partial charge in [0.15, 0.2) is 23.5 Å². The predicted molar refractivity (Wildman–Crippen MR) is 158 cm³/mol. The molecular formula is C32H33IN6. The van der Waals surface area contributed by atoms with Gasteiger partial charge in [0.25, 0.3) is 0 Å². The molecule has 7 rings (SSSR count). The lowest BCUT2D eigenvalue weighted by Crippen LogP contribution is -3.06. The molecule has 6 nitrogen and oxygen atoms in total. The Kier molecular flexibility index (Phi) is 6.19. The molecule has 3 atom stereocenters. The fraction of sp³-hybridized carbons (Fsp3) is 0.250. The molecule has 1 unspecified atom stereocenters. The Morgan fingerprint density at radius 3 is 2.00 bits per heavy atom. The minimum Gasteiger partial charge on any atom is -1.00 e. The highest BCUT2D eigenvalue weighted by Crippen LogP contribution is 2.46. The third-order valence-corrected chi connectivity index (χ3v) is 8.61. The molecule has 0 saturated carbocycles. The number of halogens is 1. The Bertz CT molecular complexity index is 1630. The van der Waals surface area contributed by atoms with Crippen LogP contribution < -0.4 is 43.6 Å². The molecule has 39 heavy (non-hydrogen) atoms. The fourth-order valence-corrected chi connectivity index (χ4v) is 6.33. The average Bonchev–Trinajstić information content (AvgIpc) is 3.30. The van der Waals surface area contributed by atoms with E-state index in [1.807, 2.05) is 0 Å². The van der Waals surface area contributed by atoms with Gasteiger partial charge in [-0.2, -0.15) is 0 Å². The third-order valence-electron chi connectivity index (χ3n) is 8.61. The summed E-state index contributed by atoms with van der Waals surface area (Å²) in [6.45, 7) is 9.04. The van der Waals surface area contributed by atoms with Crippen LogP contribution in [0.25, 0.3) is 21.8 Å². The summed E-state index contributed by atoms with van der Waals surface area (Å²) in [5.74, 6) is 2.09. The Morgan fingerprint density at radius 2 is 1.31 bits per heavy atom. The van der Waals surface area contributed by atoms with E-state index in [-0.39, 0.29) is 36.3 Å². The van der Waals surface area contributed by atoms with Gasteiger partial charge in [0.2, 0.25) is 0 Å². The second-order valence-corrected chi connectivity index (χ2v) is 10.8. The van der Waals surface area contributed by atoms with Crippen molar-refractivity contribution in [3.8, 4) is 0 Å². The van der Waals surface area contributed by atoms with Gasteiger partial charge in [0.05, 0.1) is 22.4 Å². The van der Waals surface area contributed by atoms with Crippen LogP contribution >= 0.6 is 0 Å². The van der Waals surface area contributed by atoms with E-state index < -0.39 is 0 Å². The van der Waals surface area contributed by atoms with Gasteiger partial charge < -0.3 is 38.7 Å². The maximum absolute atomic E-state index is 5.08. The molecular weight excluding hydrogens is 595 g/mol. The minimum absolute atomic E-state index is 0. The maximum atomic E-state index is 5.08. The maximum Gasteiger partial charge on any atom is 0.196 e. The third kappa shape index (κ3) is 3.77. The Hall–Kier alpha value is -3.43. The van der Waals surface area contributed by atoms with Crippen LogP contribution in [-0.2, 0) is 0 Å². The van der Waals surface area contributed by atoms with Gasteiger partial charge >= 0.3 is 0 Å². The summed E-state index contributed by atoms with van der Waals surface area (Å²) in [5, 5.41) is 2.34. The molecule has 5 aromatic rings. The second kappa shape index (κ2) is 9.34. The van der Waals surface area contributed by atoms with E-state index >= 15 is 0 Å². The van der Waals surface area contributed by atoms with E-state index in [0.29, 0.717) is 0 Å². The van der Waals surface area contributed by atoms with Crippen molar-refractivity contribution in [2.75, 3.05) is 28.8 Å². The predicted octanol–water partition coefficient (Wildman–Crippen LogP) is 2.98. The largest absolute Gasteiger partial charge is 1.00 e. The number of nitrogens with one attached hydrogen (secondary N) is 1. The second-order valence-electron chi connectivity index (χ2n) is 10.8. The first-order valence-corrected chi connectivity index (χ1v) is 13.4. The first-order chi connectivity index (χ1) is 18.3. The molecule has 0 fully saturated rings. The van der Waals surface area contributed by atoms with E-state index in [9.17, 15) is 0 Å².